The predicted octanol–water partition coefficient (Wildman–Crippen LogP) is 0.965. The molecule has 18 heavy (non-hydrogen) atoms. The van der Waals surface area contributed by atoms with E-state index in [1.807, 2.05) is 17.8 Å². The molecule has 1 aliphatic carbocycles. The van der Waals surface area contributed by atoms with Crippen molar-refractivity contribution >= 4 is 11.6 Å². The van der Waals surface area contributed by atoms with Gasteiger partial charge in [0.05, 0.1) is 18.1 Å². The van der Waals surface area contributed by atoms with Gasteiger partial charge in [0, 0.05) is 19.6 Å². The molecule has 0 saturated heterocycles. The first kappa shape index (κ1) is 11.7. The zero-order valence-electron chi connectivity index (χ0n) is 10.2. The number of rotatable bonds is 5. The van der Waals surface area contributed by atoms with Gasteiger partial charge in [-0.05, 0) is 12.8 Å². The number of halogens is 1. The van der Waals surface area contributed by atoms with Gasteiger partial charge in [-0.2, -0.15) is 0 Å². The van der Waals surface area contributed by atoms with Crippen molar-refractivity contribution in [3.05, 3.63) is 29.1 Å². The fourth-order valence-corrected chi connectivity index (χ4v) is 1.90. The minimum absolute atomic E-state index is 0.583. The van der Waals surface area contributed by atoms with Crippen molar-refractivity contribution in [2.45, 2.75) is 32.0 Å². The number of aromatic nitrogens is 5. The highest BCUT2D eigenvalue weighted by Crippen LogP contribution is 2.18. The average Bonchev–Trinajstić information content (AvgIpc) is 3.02. The molecule has 1 saturated carbocycles. The largest absolute Gasteiger partial charge is 0.321 e. The second kappa shape index (κ2) is 4.70. The van der Waals surface area contributed by atoms with E-state index < -0.39 is 0 Å². The van der Waals surface area contributed by atoms with Crippen molar-refractivity contribution in [2.24, 2.45) is 7.05 Å². The van der Waals surface area contributed by atoms with Crippen molar-refractivity contribution in [1.29, 1.82) is 0 Å². The highest BCUT2D eigenvalue weighted by molar-refractivity contribution is 6.29. The lowest BCUT2D eigenvalue weighted by Gasteiger charge is -2.01. The Morgan fingerprint density at radius 2 is 2.33 bits per heavy atom. The van der Waals surface area contributed by atoms with Crippen molar-refractivity contribution < 1.29 is 0 Å². The molecule has 96 valence electrons. The van der Waals surface area contributed by atoms with Crippen LogP contribution in [0.5, 0.6) is 0 Å². The molecule has 1 N–H and O–H groups in total. The zero-order chi connectivity index (χ0) is 12.5. The van der Waals surface area contributed by atoms with E-state index in [1.165, 1.54) is 12.8 Å². The van der Waals surface area contributed by atoms with Gasteiger partial charge in [-0.1, -0.05) is 16.8 Å². The molecule has 7 heteroatoms. The Morgan fingerprint density at radius 1 is 1.50 bits per heavy atom. The van der Waals surface area contributed by atoms with Crippen LogP contribution in [-0.2, 0) is 20.1 Å². The van der Waals surface area contributed by atoms with Crippen LogP contribution in [0.1, 0.15) is 24.4 Å². The number of imidazole rings is 1. The standard InChI is InChI=1S/C11H15ClN6/c1-17-10(12)5-14-11(17)7-18-6-9(15-16-18)4-13-8-2-3-8/h5-6,8,13H,2-4,7H2,1H3. The van der Waals surface area contributed by atoms with Crippen LogP contribution in [0.4, 0.5) is 0 Å². The minimum Gasteiger partial charge on any atom is -0.321 e. The Hall–Kier alpha value is -1.40. The van der Waals surface area contributed by atoms with Crippen molar-refractivity contribution in [2.75, 3.05) is 0 Å². The average molecular weight is 267 g/mol. The number of nitrogens with zero attached hydrogens (tertiary/aromatic N) is 5. The molecule has 2 heterocycles. The number of hydrogen-bond donors (Lipinski definition) is 1. The third-order valence-electron chi connectivity index (χ3n) is 3.07. The van der Waals surface area contributed by atoms with E-state index >= 15 is 0 Å². The van der Waals surface area contributed by atoms with Crippen LogP contribution >= 0.6 is 11.6 Å². The Kier molecular flexibility index (Phi) is 3.05. The molecule has 2 aromatic heterocycles. The summed E-state index contributed by atoms with van der Waals surface area (Å²) >= 11 is 5.94. The summed E-state index contributed by atoms with van der Waals surface area (Å²) in [4.78, 5) is 4.23. The third-order valence-corrected chi connectivity index (χ3v) is 3.42. The van der Waals surface area contributed by atoms with Gasteiger partial charge in [0.15, 0.2) is 0 Å². The van der Waals surface area contributed by atoms with E-state index in [2.05, 4.69) is 20.6 Å². The van der Waals surface area contributed by atoms with Crippen LogP contribution in [0.3, 0.4) is 0 Å². The Morgan fingerprint density at radius 3 is 3.00 bits per heavy atom. The third kappa shape index (κ3) is 2.54. The molecule has 3 rings (SSSR count). The summed E-state index contributed by atoms with van der Waals surface area (Å²) in [5, 5.41) is 12.3. The summed E-state index contributed by atoms with van der Waals surface area (Å²) in [5.41, 5.74) is 0.960. The van der Waals surface area contributed by atoms with Gasteiger partial charge in [0.2, 0.25) is 0 Å². The molecule has 1 fully saturated rings. The molecule has 0 atom stereocenters. The van der Waals surface area contributed by atoms with Crippen LogP contribution in [0, 0.1) is 0 Å². The van der Waals surface area contributed by atoms with Gasteiger partial charge in [-0.15, -0.1) is 5.10 Å². The SMILES string of the molecule is Cn1c(Cl)cnc1Cn1cc(CNC2CC2)nn1. The monoisotopic (exact) mass is 266 g/mol. The summed E-state index contributed by atoms with van der Waals surface area (Å²) in [6, 6.07) is 0.684. The zero-order valence-corrected chi connectivity index (χ0v) is 10.9. The maximum Gasteiger partial charge on any atom is 0.131 e. The second-order valence-corrected chi connectivity index (χ2v) is 5.01. The quantitative estimate of drug-likeness (QED) is 0.876. The van der Waals surface area contributed by atoms with Crippen LogP contribution in [0.25, 0.3) is 0 Å². The van der Waals surface area contributed by atoms with E-state index in [-0.39, 0.29) is 0 Å². The topological polar surface area (TPSA) is 60.6 Å². The van der Waals surface area contributed by atoms with Gasteiger partial charge < -0.3 is 9.88 Å². The fraction of sp³-hybridized carbons (Fsp3) is 0.545. The van der Waals surface area contributed by atoms with Gasteiger partial charge >= 0.3 is 0 Å². The molecule has 0 spiro atoms. The lowest BCUT2D eigenvalue weighted by Crippen LogP contribution is -2.15. The lowest BCUT2D eigenvalue weighted by molar-refractivity contribution is 0.606. The molecular formula is C11H15ClN6. The first-order valence-electron chi connectivity index (χ1n) is 6.01. The molecule has 2 aromatic rings. The van der Waals surface area contributed by atoms with Gasteiger partial charge in [-0.3, -0.25) is 0 Å². The van der Waals surface area contributed by atoms with E-state index in [0.29, 0.717) is 17.7 Å². The Labute approximate surface area is 110 Å². The fourth-order valence-electron chi connectivity index (χ4n) is 1.75. The number of hydrogen-bond acceptors (Lipinski definition) is 4. The van der Waals surface area contributed by atoms with Crippen molar-refractivity contribution in [1.82, 2.24) is 29.9 Å². The van der Waals surface area contributed by atoms with Gasteiger partial charge in [0.25, 0.3) is 0 Å². The molecule has 6 nitrogen and oxygen atoms in total. The summed E-state index contributed by atoms with van der Waals surface area (Å²) < 4.78 is 3.62. The molecule has 0 bridgehead atoms. The summed E-state index contributed by atoms with van der Waals surface area (Å²) in [6.07, 6.45) is 6.14. The van der Waals surface area contributed by atoms with E-state index in [0.717, 1.165) is 18.1 Å². The maximum atomic E-state index is 5.94. The molecule has 0 aromatic carbocycles. The molecular weight excluding hydrogens is 252 g/mol. The van der Waals surface area contributed by atoms with Gasteiger partial charge in [0.1, 0.15) is 17.5 Å². The smallest absolute Gasteiger partial charge is 0.131 e. The molecule has 0 radical (unpaired) electrons. The van der Waals surface area contributed by atoms with E-state index in [1.54, 1.807) is 10.9 Å². The summed E-state index contributed by atoms with van der Waals surface area (Å²) in [7, 11) is 1.89. The Bertz CT molecular complexity index is 541. The summed E-state index contributed by atoms with van der Waals surface area (Å²) in [5.74, 6) is 0.867. The first-order chi connectivity index (χ1) is 8.72. The minimum atomic E-state index is 0.583. The van der Waals surface area contributed by atoms with E-state index in [4.69, 9.17) is 11.6 Å². The van der Waals surface area contributed by atoms with Crippen LogP contribution in [0.2, 0.25) is 5.15 Å². The lowest BCUT2D eigenvalue weighted by atomic mass is 10.4. The summed E-state index contributed by atoms with van der Waals surface area (Å²) in [6.45, 7) is 1.37. The van der Waals surface area contributed by atoms with Gasteiger partial charge in [-0.25, -0.2) is 9.67 Å². The highest BCUT2D eigenvalue weighted by atomic mass is 35.5. The van der Waals surface area contributed by atoms with Crippen molar-refractivity contribution in [3.63, 3.8) is 0 Å². The van der Waals surface area contributed by atoms with Crippen molar-refractivity contribution in [3.8, 4) is 0 Å². The maximum absolute atomic E-state index is 5.94. The van der Waals surface area contributed by atoms with E-state index in [9.17, 15) is 0 Å². The molecule has 0 unspecified atom stereocenters. The normalized spacial score (nSPS) is 15.2. The first-order valence-corrected chi connectivity index (χ1v) is 6.38. The second-order valence-electron chi connectivity index (χ2n) is 4.62. The Balaban J connectivity index is 1.63. The molecule has 0 aliphatic heterocycles. The molecule has 1 aliphatic rings. The highest BCUT2D eigenvalue weighted by Gasteiger charge is 2.20. The number of nitrogens with one attached hydrogen (secondary N) is 1. The molecule has 0 amide bonds. The predicted molar refractivity (Wildman–Crippen MR) is 67.2 cm³/mol. The van der Waals surface area contributed by atoms with Crippen LogP contribution in [-0.4, -0.2) is 30.6 Å². The van der Waals surface area contributed by atoms with Crippen LogP contribution in [0.15, 0.2) is 12.4 Å². The van der Waals surface area contributed by atoms with Crippen LogP contribution < -0.4 is 5.32 Å².